The molecule has 0 fully saturated rings. The van der Waals surface area contributed by atoms with E-state index in [4.69, 9.17) is 0 Å². The van der Waals surface area contributed by atoms with E-state index in [1.165, 1.54) is 11.6 Å². The predicted octanol–water partition coefficient (Wildman–Crippen LogP) is 3.32. The molecule has 0 saturated heterocycles. The third-order valence-corrected chi connectivity index (χ3v) is 6.22. The van der Waals surface area contributed by atoms with Gasteiger partial charge < -0.3 is 5.32 Å². The number of carbonyl (C=O) groups is 1. The maximum atomic E-state index is 14.1. The molecule has 7 heteroatoms. The van der Waals surface area contributed by atoms with Crippen LogP contribution >= 0.6 is 0 Å². The monoisotopic (exact) mass is 390 g/mol. The van der Waals surface area contributed by atoms with Gasteiger partial charge in [0.05, 0.1) is 6.04 Å². The Balaban J connectivity index is 1.78. The average Bonchev–Trinajstić information content (AvgIpc) is 3.05. The smallest absolute Gasteiger partial charge is 0.251 e. The Bertz CT molecular complexity index is 944. The molecule has 1 unspecified atom stereocenters. The molecule has 0 bridgehead atoms. The number of nitrogens with one attached hydrogen (secondary N) is 2. The van der Waals surface area contributed by atoms with Crippen molar-refractivity contribution >= 4 is 15.9 Å². The fraction of sp³-hybridized carbons (Fsp3) is 0.350. The van der Waals surface area contributed by atoms with Gasteiger partial charge in [-0.2, -0.15) is 0 Å². The van der Waals surface area contributed by atoms with E-state index in [0.717, 1.165) is 37.0 Å². The van der Waals surface area contributed by atoms with Crippen LogP contribution < -0.4 is 10.0 Å². The topological polar surface area (TPSA) is 75.3 Å². The van der Waals surface area contributed by atoms with Crippen molar-refractivity contribution in [1.82, 2.24) is 10.0 Å². The zero-order valence-corrected chi connectivity index (χ0v) is 16.0. The van der Waals surface area contributed by atoms with Gasteiger partial charge in [-0.05, 0) is 48.6 Å². The molecule has 2 N–H and O–H groups in total. The SMILES string of the molecule is CCCCNS(=O)(=O)c1cc(C(=O)NC2CCc3ccccc32)ccc1F. The van der Waals surface area contributed by atoms with Gasteiger partial charge in [-0.1, -0.05) is 37.6 Å². The molecule has 144 valence electrons. The van der Waals surface area contributed by atoms with Crippen LogP contribution in [0.5, 0.6) is 0 Å². The van der Waals surface area contributed by atoms with Gasteiger partial charge in [-0.15, -0.1) is 0 Å². The molecule has 27 heavy (non-hydrogen) atoms. The molecule has 0 heterocycles. The van der Waals surface area contributed by atoms with E-state index in [2.05, 4.69) is 10.0 Å². The second-order valence-corrected chi connectivity index (χ2v) is 8.40. The van der Waals surface area contributed by atoms with E-state index in [1.807, 2.05) is 31.2 Å². The third kappa shape index (κ3) is 4.36. The normalized spacial score (nSPS) is 16.1. The number of rotatable bonds is 7. The van der Waals surface area contributed by atoms with Crippen molar-refractivity contribution in [3.8, 4) is 0 Å². The number of benzene rings is 2. The van der Waals surface area contributed by atoms with E-state index in [-0.39, 0.29) is 18.2 Å². The molecule has 1 atom stereocenters. The molecular weight excluding hydrogens is 367 g/mol. The minimum absolute atomic E-state index is 0.122. The second kappa shape index (κ2) is 8.19. The van der Waals surface area contributed by atoms with Crippen molar-refractivity contribution in [2.45, 2.75) is 43.5 Å². The van der Waals surface area contributed by atoms with Crippen molar-refractivity contribution < 1.29 is 17.6 Å². The largest absolute Gasteiger partial charge is 0.345 e. The molecule has 1 aliphatic rings. The van der Waals surface area contributed by atoms with Gasteiger partial charge in [0.1, 0.15) is 10.7 Å². The maximum absolute atomic E-state index is 14.1. The lowest BCUT2D eigenvalue weighted by molar-refractivity contribution is 0.0936. The van der Waals surface area contributed by atoms with Crippen LogP contribution in [0.15, 0.2) is 47.4 Å². The summed E-state index contributed by atoms with van der Waals surface area (Å²) in [5, 5.41) is 2.93. The minimum atomic E-state index is -4.00. The van der Waals surface area contributed by atoms with Gasteiger partial charge in [0, 0.05) is 12.1 Å². The fourth-order valence-electron chi connectivity index (χ4n) is 3.26. The molecule has 0 saturated carbocycles. The van der Waals surface area contributed by atoms with Crippen LogP contribution in [0.2, 0.25) is 0 Å². The zero-order chi connectivity index (χ0) is 19.4. The van der Waals surface area contributed by atoms with Crippen molar-refractivity contribution in [2.75, 3.05) is 6.54 Å². The van der Waals surface area contributed by atoms with Crippen LogP contribution in [-0.2, 0) is 16.4 Å². The van der Waals surface area contributed by atoms with Gasteiger partial charge in [-0.3, -0.25) is 4.79 Å². The molecule has 5 nitrogen and oxygen atoms in total. The van der Waals surface area contributed by atoms with Crippen LogP contribution in [-0.4, -0.2) is 20.9 Å². The summed E-state index contributed by atoms with van der Waals surface area (Å²) in [7, 11) is -4.00. The molecule has 2 aromatic rings. The fourth-order valence-corrected chi connectivity index (χ4v) is 4.44. The van der Waals surface area contributed by atoms with Gasteiger partial charge in [0.25, 0.3) is 5.91 Å². The quantitative estimate of drug-likeness (QED) is 0.712. The molecule has 3 rings (SSSR count). The molecule has 0 aromatic heterocycles. The lowest BCUT2D eigenvalue weighted by Gasteiger charge is -2.15. The summed E-state index contributed by atoms with van der Waals surface area (Å²) in [4.78, 5) is 12.1. The van der Waals surface area contributed by atoms with Crippen LogP contribution in [0.4, 0.5) is 4.39 Å². The van der Waals surface area contributed by atoms with E-state index in [9.17, 15) is 17.6 Å². The Morgan fingerprint density at radius 1 is 1.22 bits per heavy atom. The Morgan fingerprint density at radius 2 is 2.00 bits per heavy atom. The van der Waals surface area contributed by atoms with E-state index < -0.39 is 26.6 Å². The molecule has 0 radical (unpaired) electrons. The highest BCUT2D eigenvalue weighted by molar-refractivity contribution is 7.89. The van der Waals surface area contributed by atoms with E-state index >= 15 is 0 Å². The second-order valence-electron chi connectivity index (χ2n) is 6.66. The standard InChI is InChI=1S/C20H23FN2O3S/c1-2-3-12-22-27(25,26)19-13-15(8-10-17(19)21)20(24)23-18-11-9-14-6-4-5-7-16(14)18/h4-8,10,13,18,22H,2-3,9,11-12H2,1H3,(H,23,24). The minimum Gasteiger partial charge on any atom is -0.345 e. The van der Waals surface area contributed by atoms with Gasteiger partial charge >= 0.3 is 0 Å². The number of sulfonamides is 1. The van der Waals surface area contributed by atoms with Crippen molar-refractivity contribution in [1.29, 1.82) is 0 Å². The first-order chi connectivity index (χ1) is 12.9. The number of unbranched alkanes of at least 4 members (excludes halogenated alkanes) is 1. The number of hydrogen-bond acceptors (Lipinski definition) is 3. The lowest BCUT2D eigenvalue weighted by Crippen LogP contribution is -2.29. The first kappa shape index (κ1) is 19.5. The van der Waals surface area contributed by atoms with E-state index in [0.29, 0.717) is 6.42 Å². The van der Waals surface area contributed by atoms with Gasteiger partial charge in [0.2, 0.25) is 10.0 Å². The van der Waals surface area contributed by atoms with Crippen LogP contribution in [0, 0.1) is 5.82 Å². The number of amides is 1. The average molecular weight is 390 g/mol. The Hall–Kier alpha value is -2.25. The van der Waals surface area contributed by atoms with Crippen LogP contribution in [0.25, 0.3) is 0 Å². The molecule has 2 aromatic carbocycles. The highest BCUT2D eigenvalue weighted by Crippen LogP contribution is 2.31. The number of halogens is 1. The van der Waals surface area contributed by atoms with Gasteiger partial charge in [-0.25, -0.2) is 17.5 Å². The summed E-state index contributed by atoms with van der Waals surface area (Å²) in [5.74, 6) is -1.29. The lowest BCUT2D eigenvalue weighted by atomic mass is 10.1. The molecule has 1 aliphatic carbocycles. The number of carbonyl (C=O) groups excluding carboxylic acids is 1. The van der Waals surface area contributed by atoms with Gasteiger partial charge in [0.15, 0.2) is 0 Å². The highest BCUT2D eigenvalue weighted by Gasteiger charge is 2.25. The molecule has 1 amide bonds. The zero-order valence-electron chi connectivity index (χ0n) is 15.2. The van der Waals surface area contributed by atoms with Crippen molar-refractivity contribution in [3.05, 3.63) is 65.0 Å². The highest BCUT2D eigenvalue weighted by atomic mass is 32.2. The summed E-state index contributed by atoms with van der Waals surface area (Å²) in [6.07, 6.45) is 3.14. The first-order valence-electron chi connectivity index (χ1n) is 9.10. The molecule has 0 aliphatic heterocycles. The Kier molecular flexibility index (Phi) is 5.92. The van der Waals surface area contributed by atoms with Crippen molar-refractivity contribution in [2.24, 2.45) is 0 Å². The predicted molar refractivity (Wildman–Crippen MR) is 101 cm³/mol. The van der Waals surface area contributed by atoms with E-state index in [1.54, 1.807) is 0 Å². The summed E-state index contributed by atoms with van der Waals surface area (Å²) in [5.41, 5.74) is 2.39. The third-order valence-electron chi connectivity index (χ3n) is 4.74. The summed E-state index contributed by atoms with van der Waals surface area (Å²) >= 11 is 0. The summed E-state index contributed by atoms with van der Waals surface area (Å²) < 4.78 is 41.1. The summed E-state index contributed by atoms with van der Waals surface area (Å²) in [6.45, 7) is 2.16. The first-order valence-corrected chi connectivity index (χ1v) is 10.6. The summed E-state index contributed by atoms with van der Waals surface area (Å²) in [6, 6.07) is 11.2. The molecular formula is C20H23FN2O3S. The number of hydrogen-bond donors (Lipinski definition) is 2. The maximum Gasteiger partial charge on any atom is 0.251 e. The van der Waals surface area contributed by atoms with Crippen LogP contribution in [0.3, 0.4) is 0 Å². The van der Waals surface area contributed by atoms with Crippen LogP contribution in [0.1, 0.15) is 53.7 Å². The Labute approximate surface area is 159 Å². The van der Waals surface area contributed by atoms with Crippen molar-refractivity contribution in [3.63, 3.8) is 0 Å². The Morgan fingerprint density at radius 3 is 2.78 bits per heavy atom. The molecule has 0 spiro atoms. The number of fused-ring (bicyclic) bond motifs is 1. The number of aryl methyl sites for hydroxylation is 1.